The molecule has 346 valence electrons. The highest BCUT2D eigenvalue weighted by Gasteiger charge is 2.45. The molecule has 0 unspecified atom stereocenters. The van der Waals surface area contributed by atoms with Crippen LogP contribution >= 0.6 is 34.5 Å². The number of likely N-dealkylation sites (tertiary alicyclic amines) is 1. The summed E-state index contributed by atoms with van der Waals surface area (Å²) in [6.45, 7) is 14.0. The third kappa shape index (κ3) is 10.3. The lowest BCUT2D eigenvalue weighted by atomic mass is 9.85. The molecule has 2 fully saturated rings. The van der Waals surface area contributed by atoms with E-state index in [4.69, 9.17) is 32.9 Å². The average Bonchev–Trinajstić information content (AvgIpc) is 4.03. The number of aromatic nitrogens is 5. The molecule has 2 aliphatic rings. The van der Waals surface area contributed by atoms with Crippen LogP contribution in [0.4, 0.5) is 5.82 Å². The second-order valence-corrected chi connectivity index (χ2v) is 19.8. The summed E-state index contributed by atoms with van der Waals surface area (Å²) in [4.78, 5) is 61.6. The molecule has 18 heteroatoms. The van der Waals surface area contributed by atoms with Crippen LogP contribution in [-0.2, 0) is 14.4 Å². The number of piperazine rings is 1. The Kier molecular flexibility index (Phi) is 14.0. The lowest BCUT2D eigenvalue weighted by Gasteiger charge is -2.37. The Balaban J connectivity index is 0.846. The van der Waals surface area contributed by atoms with Crippen molar-refractivity contribution >= 4 is 69.0 Å². The van der Waals surface area contributed by atoms with E-state index in [9.17, 15) is 19.5 Å². The smallest absolute Gasteiger partial charge is 0.246 e. The number of ether oxygens (including phenoxy) is 1. The van der Waals surface area contributed by atoms with Crippen molar-refractivity contribution < 1.29 is 24.2 Å². The number of halogens is 2. The second-order valence-electron chi connectivity index (χ2n) is 18.1. The first-order valence-corrected chi connectivity index (χ1v) is 23.6. The minimum atomic E-state index is -0.922. The van der Waals surface area contributed by atoms with Gasteiger partial charge in [-0.25, -0.2) is 9.97 Å². The van der Waals surface area contributed by atoms with Gasteiger partial charge < -0.3 is 30.3 Å². The van der Waals surface area contributed by atoms with E-state index >= 15 is 0 Å². The topological polar surface area (TPSA) is 182 Å². The fourth-order valence-electron chi connectivity index (χ4n) is 8.63. The molecule has 66 heavy (non-hydrogen) atoms. The van der Waals surface area contributed by atoms with Gasteiger partial charge in [0.2, 0.25) is 17.7 Å². The highest BCUT2D eigenvalue weighted by atomic mass is 35.5. The molecular weight excluding hydrogens is 900 g/mol. The number of aryl methyl sites for hydroxylation is 1. The Morgan fingerprint density at radius 3 is 2.30 bits per heavy atom. The van der Waals surface area contributed by atoms with Gasteiger partial charge in [0.1, 0.15) is 35.4 Å². The number of hydrogen-bond donors (Lipinski definition) is 4. The fraction of sp³-hybridized carbons (Fsp3) is 0.396. The van der Waals surface area contributed by atoms with Gasteiger partial charge in [0.15, 0.2) is 0 Å². The minimum absolute atomic E-state index is 0.000850. The minimum Gasteiger partial charge on any atom is -0.486 e. The number of benzene rings is 2. The molecule has 6 heterocycles. The van der Waals surface area contributed by atoms with Crippen molar-refractivity contribution in [1.82, 2.24) is 45.6 Å². The van der Waals surface area contributed by atoms with Crippen LogP contribution in [0.1, 0.15) is 70.0 Å². The maximum Gasteiger partial charge on any atom is 0.246 e. The first-order chi connectivity index (χ1) is 31.5. The van der Waals surface area contributed by atoms with Crippen LogP contribution in [0.3, 0.4) is 0 Å². The molecule has 5 atom stereocenters. The zero-order valence-electron chi connectivity index (χ0n) is 37.7. The van der Waals surface area contributed by atoms with Gasteiger partial charge in [-0.1, -0.05) is 68.2 Å². The number of thiazole rings is 1. The summed E-state index contributed by atoms with van der Waals surface area (Å²) >= 11 is 14.3. The molecule has 0 spiro atoms. The molecule has 6 aromatic rings. The van der Waals surface area contributed by atoms with Crippen LogP contribution < -0.4 is 20.3 Å². The Hall–Kier alpha value is -5.65. The van der Waals surface area contributed by atoms with Gasteiger partial charge in [0.25, 0.3) is 0 Å². The molecule has 15 nitrogen and oxygen atoms in total. The van der Waals surface area contributed by atoms with Gasteiger partial charge in [-0.3, -0.25) is 29.4 Å². The number of aliphatic hydroxyl groups excluding tert-OH is 1. The average molecular weight is 954 g/mol. The molecule has 0 bridgehead atoms. The number of pyridine rings is 2. The van der Waals surface area contributed by atoms with Crippen LogP contribution in [0.5, 0.6) is 5.75 Å². The van der Waals surface area contributed by atoms with Crippen molar-refractivity contribution in [3.63, 3.8) is 0 Å². The molecule has 4 aromatic heterocycles. The zero-order chi connectivity index (χ0) is 46.9. The molecule has 8 rings (SSSR count). The molecular formula is C48H54Cl2N10O5S. The number of rotatable bonds is 13. The number of fused-ring (bicyclic) bond motifs is 1. The second kappa shape index (κ2) is 19.7. The van der Waals surface area contributed by atoms with Crippen molar-refractivity contribution in [3.8, 4) is 27.4 Å². The van der Waals surface area contributed by atoms with Gasteiger partial charge in [0, 0.05) is 74.2 Å². The highest BCUT2D eigenvalue weighted by molar-refractivity contribution is 7.13. The van der Waals surface area contributed by atoms with Crippen molar-refractivity contribution in [2.75, 3.05) is 44.2 Å². The summed E-state index contributed by atoms with van der Waals surface area (Å²) in [5, 5.41) is 26.2. The number of amides is 3. The maximum atomic E-state index is 14.3. The molecule has 2 aliphatic heterocycles. The number of carbonyl (C=O) groups is 3. The fourth-order valence-corrected chi connectivity index (χ4v) is 10.1. The third-order valence-corrected chi connectivity index (χ3v) is 13.9. The first kappa shape index (κ1) is 46.9. The Bertz CT molecular complexity index is 2680. The summed E-state index contributed by atoms with van der Waals surface area (Å²) < 4.78 is 6.25. The predicted octanol–water partition coefficient (Wildman–Crippen LogP) is 7.39. The summed E-state index contributed by atoms with van der Waals surface area (Å²) in [5.74, 6) is 0.405. The van der Waals surface area contributed by atoms with E-state index in [1.807, 2.05) is 102 Å². The van der Waals surface area contributed by atoms with E-state index in [2.05, 4.69) is 40.6 Å². The van der Waals surface area contributed by atoms with Crippen molar-refractivity contribution in [2.45, 2.75) is 78.3 Å². The molecule has 0 radical (unpaired) electrons. The number of hydrogen-bond acceptors (Lipinski definition) is 12. The lowest BCUT2D eigenvalue weighted by Crippen LogP contribution is -2.59. The Morgan fingerprint density at radius 1 is 0.939 bits per heavy atom. The third-order valence-electron chi connectivity index (χ3n) is 12.3. The molecule has 3 amide bonds. The summed E-state index contributed by atoms with van der Waals surface area (Å²) in [6, 6.07) is 15.5. The van der Waals surface area contributed by atoms with Gasteiger partial charge in [-0.2, -0.15) is 5.10 Å². The molecule has 2 aromatic carbocycles. The van der Waals surface area contributed by atoms with E-state index < -0.39 is 35.6 Å². The van der Waals surface area contributed by atoms with Gasteiger partial charge in [0.05, 0.1) is 50.3 Å². The monoisotopic (exact) mass is 952 g/mol. The van der Waals surface area contributed by atoms with Crippen LogP contribution in [0, 0.1) is 12.3 Å². The number of carbonyl (C=O) groups excluding carboxylic acids is 3. The first-order valence-electron chi connectivity index (χ1n) is 22.0. The maximum absolute atomic E-state index is 14.3. The number of H-pyrrole nitrogens is 1. The predicted molar refractivity (Wildman–Crippen MR) is 258 cm³/mol. The van der Waals surface area contributed by atoms with Crippen LogP contribution in [0.25, 0.3) is 32.6 Å². The summed E-state index contributed by atoms with van der Waals surface area (Å²) in [7, 11) is 0. The van der Waals surface area contributed by atoms with Crippen LogP contribution in [-0.4, -0.2) is 115 Å². The summed E-state index contributed by atoms with van der Waals surface area (Å²) in [6.07, 6.45) is 3.71. The number of anilines is 1. The quantitative estimate of drug-likeness (QED) is 0.0907. The van der Waals surface area contributed by atoms with Crippen molar-refractivity contribution in [2.24, 2.45) is 5.41 Å². The van der Waals surface area contributed by atoms with E-state index in [1.165, 1.54) is 4.90 Å². The van der Waals surface area contributed by atoms with E-state index in [-0.39, 0.29) is 37.4 Å². The SMILES string of the molecule is Cc1ncsc1-c1ccc([C@H](C)NC(=O)[C@@H]2C[C@@H](O)CN2C(=O)[C@@H](NC(=O)CN2CCN(c3ccc(-c4n[nH]c5ccc(O[C@H](C)c6c(Cl)cncc6Cl)cc45)cn3)CC2)C(C)(C)C)cc1. The van der Waals surface area contributed by atoms with E-state index in [1.54, 1.807) is 29.9 Å². The largest absolute Gasteiger partial charge is 0.486 e. The Labute approximate surface area is 397 Å². The highest BCUT2D eigenvalue weighted by Crippen LogP contribution is 2.36. The van der Waals surface area contributed by atoms with Gasteiger partial charge in [-0.15, -0.1) is 11.3 Å². The molecule has 0 aliphatic carbocycles. The summed E-state index contributed by atoms with van der Waals surface area (Å²) in [5.41, 5.74) is 7.16. The van der Waals surface area contributed by atoms with Crippen LogP contribution in [0.15, 0.2) is 78.7 Å². The lowest BCUT2D eigenvalue weighted by molar-refractivity contribution is -0.144. The number of nitrogens with zero attached hydrogens (tertiary/aromatic N) is 7. The van der Waals surface area contributed by atoms with E-state index in [0.717, 1.165) is 49.7 Å². The van der Waals surface area contributed by atoms with Gasteiger partial charge >= 0.3 is 0 Å². The number of nitrogens with one attached hydrogen (secondary N) is 3. The standard InChI is InChI=1S/C48H54Cl2N10O5S/c1-27(30-7-9-31(10-8-30)44-28(2)53-26-66-44)54-46(63)39-19-33(61)24-60(39)47(64)45(48(4,5)6)55-41(62)25-58-15-17-59(18-16-58)40-14-11-32(21-52-40)43-35-20-34(12-13-38(35)56-57-43)65-29(3)42-36(49)22-51-23-37(42)50/h7-14,20-23,26-27,29,33,39,45,61H,15-19,24-25H2,1-6H3,(H,54,63)(H,55,62)(H,56,57)/t27-,29+,33+,39-,45+/m0/s1. The van der Waals surface area contributed by atoms with Crippen molar-refractivity contribution in [1.29, 1.82) is 0 Å². The van der Waals surface area contributed by atoms with Gasteiger partial charge in [-0.05, 0) is 67.6 Å². The number of aliphatic hydroxyl groups is 1. The van der Waals surface area contributed by atoms with Crippen LogP contribution in [0.2, 0.25) is 10.0 Å². The number of β-amino-alcohol motifs (C(OH)–C–C–N with tert-alkyl or cyclic N) is 1. The normalized spacial score (nSPS) is 18.3. The number of aromatic amines is 1. The zero-order valence-corrected chi connectivity index (χ0v) is 40.0. The molecule has 0 saturated carbocycles. The molecule has 2 saturated heterocycles. The van der Waals surface area contributed by atoms with Crippen molar-refractivity contribution in [3.05, 3.63) is 106 Å². The van der Waals surface area contributed by atoms with E-state index in [0.29, 0.717) is 47.5 Å². The Morgan fingerprint density at radius 2 is 1.65 bits per heavy atom. The molecule has 4 N–H and O–H groups in total.